The van der Waals surface area contributed by atoms with E-state index in [1.165, 1.54) is 24.3 Å². The maximum atomic E-state index is 12.1. The lowest BCUT2D eigenvalue weighted by molar-refractivity contribution is -0.383. The molecule has 2 aliphatic heterocycles. The first kappa shape index (κ1) is 24.7. The van der Waals surface area contributed by atoms with E-state index in [4.69, 9.17) is 18.9 Å². The average molecular weight is 462 g/mol. The number of aliphatic hydroxyl groups excluding tert-OH is 7. The van der Waals surface area contributed by atoms with Gasteiger partial charge in [-0.1, -0.05) is 0 Å². The number of aliphatic hydroxyl groups is 7. The number of aromatic hydroxyl groups is 1. The Kier molecular flexibility index (Phi) is 7.67. The van der Waals surface area contributed by atoms with Crippen molar-refractivity contribution in [2.75, 3.05) is 19.8 Å². The van der Waals surface area contributed by atoms with Gasteiger partial charge in [0.05, 0.1) is 12.2 Å². The van der Waals surface area contributed by atoms with Gasteiger partial charge in [-0.05, 0) is 24.3 Å². The first-order valence-electron chi connectivity index (χ1n) is 9.73. The van der Waals surface area contributed by atoms with Gasteiger partial charge < -0.3 is 59.8 Å². The molecule has 0 amide bonds. The molecule has 0 radical (unpaired) electrons. The second kappa shape index (κ2) is 9.93. The number of hydrogen-bond donors (Lipinski definition) is 8. The number of phenolic OH excluding ortho intramolecular Hbond substituents is 1. The van der Waals surface area contributed by atoms with E-state index < -0.39 is 80.6 Å². The summed E-state index contributed by atoms with van der Waals surface area (Å²) in [5, 5.41) is 79.0. The van der Waals surface area contributed by atoms with Gasteiger partial charge in [-0.2, -0.15) is 0 Å². The first-order valence-corrected chi connectivity index (χ1v) is 9.73. The molecule has 180 valence electrons. The monoisotopic (exact) mass is 462 g/mol. The van der Waals surface area contributed by atoms with Crippen LogP contribution in [0.5, 0.6) is 5.75 Å². The first-order chi connectivity index (χ1) is 15.1. The summed E-state index contributed by atoms with van der Waals surface area (Å²) < 4.78 is 21.0. The smallest absolute Gasteiger partial charge is 0.338 e. The molecule has 0 aliphatic carbocycles. The summed E-state index contributed by atoms with van der Waals surface area (Å²) in [6, 6.07) is 5.13. The summed E-state index contributed by atoms with van der Waals surface area (Å²) in [5.74, 6) is -3.20. The SMILES string of the molecule is O=C(OC[C@H]1O[C@H](O[C@]2(CO)O[C@H](CO)[C@@H](O)[C@@H]2O)[C@H](O)[C@@H](O)[C@@H]1O)c1ccc(O)cc1. The highest BCUT2D eigenvalue weighted by molar-refractivity contribution is 5.89. The van der Waals surface area contributed by atoms with Crippen LogP contribution in [0.3, 0.4) is 0 Å². The number of phenols is 1. The predicted octanol–water partition coefficient (Wildman–Crippen LogP) is -3.83. The predicted molar refractivity (Wildman–Crippen MR) is 99.9 cm³/mol. The van der Waals surface area contributed by atoms with Crippen molar-refractivity contribution in [2.24, 2.45) is 0 Å². The maximum absolute atomic E-state index is 12.1. The molecule has 8 N–H and O–H groups in total. The van der Waals surface area contributed by atoms with Crippen LogP contribution in [0.25, 0.3) is 0 Å². The van der Waals surface area contributed by atoms with Gasteiger partial charge in [-0.25, -0.2) is 4.79 Å². The molecule has 2 fully saturated rings. The summed E-state index contributed by atoms with van der Waals surface area (Å²) in [5.41, 5.74) is 0.0900. The van der Waals surface area contributed by atoms with E-state index in [0.29, 0.717) is 0 Å². The van der Waals surface area contributed by atoms with Crippen molar-refractivity contribution in [3.63, 3.8) is 0 Å². The van der Waals surface area contributed by atoms with Crippen molar-refractivity contribution in [3.8, 4) is 5.75 Å². The molecule has 3 rings (SSSR count). The Hall–Kier alpha value is -1.91. The molecule has 2 saturated heterocycles. The fraction of sp³-hybridized carbons (Fsp3) is 0.632. The van der Waals surface area contributed by atoms with Gasteiger partial charge in [-0.3, -0.25) is 0 Å². The number of benzene rings is 1. The molecule has 1 aromatic carbocycles. The van der Waals surface area contributed by atoms with Crippen molar-refractivity contribution < 1.29 is 64.6 Å². The van der Waals surface area contributed by atoms with E-state index in [1.54, 1.807) is 0 Å². The quantitative estimate of drug-likeness (QED) is 0.183. The number of hydrogen-bond acceptors (Lipinski definition) is 13. The number of carbonyl (C=O) groups excluding carboxylic acids is 1. The molecule has 0 aromatic heterocycles. The molecule has 0 bridgehead atoms. The van der Waals surface area contributed by atoms with E-state index in [-0.39, 0.29) is 11.3 Å². The zero-order valence-corrected chi connectivity index (χ0v) is 16.7. The third kappa shape index (κ3) is 4.72. The van der Waals surface area contributed by atoms with Crippen molar-refractivity contribution in [3.05, 3.63) is 29.8 Å². The Labute approximate surface area is 181 Å². The van der Waals surface area contributed by atoms with Crippen molar-refractivity contribution in [2.45, 2.75) is 54.8 Å². The standard InChI is InChI=1S/C19H26O13/c20-5-10-13(24)16(27)19(7-21,31-10)32-18-15(26)14(25)12(23)11(30-18)6-29-17(28)8-1-3-9(22)4-2-8/h1-4,10-16,18,20-27H,5-7H2/t10-,11-,12-,13-,14+,15-,16+,18-,19+/m1/s1. The van der Waals surface area contributed by atoms with Gasteiger partial charge in [0, 0.05) is 0 Å². The molecular weight excluding hydrogens is 436 g/mol. The van der Waals surface area contributed by atoms with Crippen molar-refractivity contribution in [1.29, 1.82) is 0 Å². The van der Waals surface area contributed by atoms with Gasteiger partial charge in [0.25, 0.3) is 0 Å². The van der Waals surface area contributed by atoms with Crippen LogP contribution in [-0.2, 0) is 18.9 Å². The number of carbonyl (C=O) groups is 1. The average Bonchev–Trinajstić information content (AvgIpc) is 3.03. The normalized spacial score (nSPS) is 39.7. The van der Waals surface area contributed by atoms with Gasteiger partial charge in [0.2, 0.25) is 5.79 Å². The Morgan fingerprint density at radius 1 is 0.938 bits per heavy atom. The third-order valence-corrected chi connectivity index (χ3v) is 5.37. The molecule has 2 heterocycles. The zero-order chi connectivity index (χ0) is 23.6. The van der Waals surface area contributed by atoms with E-state index >= 15 is 0 Å². The highest BCUT2D eigenvalue weighted by Gasteiger charge is 2.58. The van der Waals surface area contributed by atoms with Crippen LogP contribution in [0.1, 0.15) is 10.4 Å². The highest BCUT2D eigenvalue weighted by Crippen LogP contribution is 2.36. The molecule has 2 aliphatic rings. The summed E-state index contributed by atoms with van der Waals surface area (Å²) in [6.45, 7) is -2.32. The van der Waals surface area contributed by atoms with Gasteiger partial charge in [0.15, 0.2) is 6.29 Å². The van der Waals surface area contributed by atoms with E-state index in [0.717, 1.165) is 0 Å². The molecule has 13 heteroatoms. The molecule has 0 unspecified atom stereocenters. The Bertz CT molecular complexity index is 773. The highest BCUT2D eigenvalue weighted by atomic mass is 16.8. The summed E-state index contributed by atoms with van der Waals surface area (Å²) >= 11 is 0. The summed E-state index contributed by atoms with van der Waals surface area (Å²) in [6.07, 6.45) is -13.4. The van der Waals surface area contributed by atoms with Crippen LogP contribution in [0.15, 0.2) is 24.3 Å². The van der Waals surface area contributed by atoms with Crippen LogP contribution >= 0.6 is 0 Å². The minimum atomic E-state index is -2.31. The number of rotatable bonds is 7. The lowest BCUT2D eigenvalue weighted by Gasteiger charge is -2.43. The van der Waals surface area contributed by atoms with Crippen LogP contribution in [0.4, 0.5) is 0 Å². The van der Waals surface area contributed by atoms with Crippen LogP contribution in [0.2, 0.25) is 0 Å². The maximum Gasteiger partial charge on any atom is 0.338 e. The van der Waals surface area contributed by atoms with Gasteiger partial charge in [0.1, 0.15) is 61.7 Å². The van der Waals surface area contributed by atoms with E-state index in [9.17, 15) is 45.6 Å². The van der Waals surface area contributed by atoms with E-state index in [1.807, 2.05) is 0 Å². The molecule has 13 nitrogen and oxygen atoms in total. The lowest BCUT2D eigenvalue weighted by Crippen LogP contribution is -2.62. The Morgan fingerprint density at radius 2 is 1.59 bits per heavy atom. The number of esters is 1. The Balaban J connectivity index is 1.69. The molecule has 9 atom stereocenters. The lowest BCUT2D eigenvalue weighted by atomic mass is 9.99. The van der Waals surface area contributed by atoms with Crippen molar-refractivity contribution in [1.82, 2.24) is 0 Å². The molecule has 32 heavy (non-hydrogen) atoms. The van der Waals surface area contributed by atoms with Crippen LogP contribution < -0.4 is 0 Å². The largest absolute Gasteiger partial charge is 0.508 e. The molecular formula is C19H26O13. The zero-order valence-electron chi connectivity index (χ0n) is 16.7. The second-order valence-electron chi connectivity index (χ2n) is 7.52. The number of ether oxygens (including phenoxy) is 4. The summed E-state index contributed by atoms with van der Waals surface area (Å²) in [4.78, 5) is 12.1. The summed E-state index contributed by atoms with van der Waals surface area (Å²) in [7, 11) is 0. The van der Waals surface area contributed by atoms with Gasteiger partial charge in [-0.15, -0.1) is 0 Å². The van der Waals surface area contributed by atoms with Crippen LogP contribution in [-0.4, -0.2) is 121 Å². The molecule has 1 aromatic rings. The topological polar surface area (TPSA) is 216 Å². The van der Waals surface area contributed by atoms with Crippen molar-refractivity contribution >= 4 is 5.97 Å². The fourth-order valence-corrected chi connectivity index (χ4v) is 3.46. The minimum absolute atomic E-state index is 0.0626. The van der Waals surface area contributed by atoms with E-state index in [2.05, 4.69) is 0 Å². The van der Waals surface area contributed by atoms with Gasteiger partial charge >= 0.3 is 5.97 Å². The minimum Gasteiger partial charge on any atom is -0.508 e. The van der Waals surface area contributed by atoms with Crippen LogP contribution in [0, 0.1) is 0 Å². The second-order valence-corrected chi connectivity index (χ2v) is 7.52. The molecule has 0 spiro atoms. The molecule has 0 saturated carbocycles. The fourth-order valence-electron chi connectivity index (χ4n) is 3.46. The third-order valence-electron chi connectivity index (χ3n) is 5.37. The Morgan fingerprint density at radius 3 is 2.16 bits per heavy atom.